The number of hydrogen-bond acceptors (Lipinski definition) is 0. The van der Waals surface area contributed by atoms with E-state index in [1.165, 1.54) is 46.3 Å². The van der Waals surface area contributed by atoms with Crippen molar-refractivity contribution in [2.45, 2.75) is 69.1 Å². The van der Waals surface area contributed by atoms with E-state index in [9.17, 15) is 0 Å². The summed E-state index contributed by atoms with van der Waals surface area (Å²) in [5.74, 6) is 0. The molecule has 0 N–H and O–H groups in total. The lowest BCUT2D eigenvalue weighted by Gasteiger charge is -2.29. The van der Waals surface area contributed by atoms with E-state index in [1.807, 2.05) is 0 Å². The Balaban J connectivity index is 1.69. The first-order valence-electron chi connectivity index (χ1n) is 5.71. The lowest BCUT2D eigenvalue weighted by atomic mass is 10.00. The summed E-state index contributed by atoms with van der Waals surface area (Å²) < 4.78 is 0. The molecule has 0 saturated heterocycles. The zero-order valence-corrected chi connectivity index (χ0v) is 9.02. The fraction of sp³-hybridized carbons (Fsp3) is 1.00. The van der Waals surface area contributed by atoms with Crippen LogP contribution in [-0.2, 0) is 0 Å². The van der Waals surface area contributed by atoms with Gasteiger partial charge in [0.2, 0.25) is 0 Å². The molecule has 12 heavy (non-hydrogen) atoms. The van der Waals surface area contributed by atoms with Crippen molar-refractivity contribution in [2.24, 2.45) is 0 Å². The molecule has 0 spiro atoms. The maximum Gasteiger partial charge on any atom is -0.0234 e. The van der Waals surface area contributed by atoms with Gasteiger partial charge in [0.25, 0.3) is 0 Å². The standard InChI is InChI=1S/C11H21P/c1-2-4-7-10(6-3-1)12-11-8-5-9-11/h10-12H,1-9H2. The fourth-order valence-electron chi connectivity index (χ4n) is 2.35. The quantitative estimate of drug-likeness (QED) is 0.450. The van der Waals surface area contributed by atoms with Gasteiger partial charge < -0.3 is 0 Å². The van der Waals surface area contributed by atoms with Crippen LogP contribution in [0.5, 0.6) is 0 Å². The second kappa shape index (κ2) is 4.61. The van der Waals surface area contributed by atoms with E-state index >= 15 is 0 Å². The SMILES string of the molecule is C1CCCC(PC2CCC2)CC1. The molecule has 1 atom stereocenters. The number of rotatable bonds is 2. The molecule has 70 valence electrons. The molecule has 0 nitrogen and oxygen atoms in total. The fourth-order valence-corrected chi connectivity index (χ4v) is 4.50. The first kappa shape index (κ1) is 9.00. The van der Waals surface area contributed by atoms with Crippen molar-refractivity contribution in [3.63, 3.8) is 0 Å². The van der Waals surface area contributed by atoms with E-state index in [0.717, 1.165) is 5.66 Å². The van der Waals surface area contributed by atoms with E-state index in [1.54, 1.807) is 25.7 Å². The van der Waals surface area contributed by atoms with Gasteiger partial charge in [-0.3, -0.25) is 0 Å². The Bertz CT molecular complexity index is 121. The van der Waals surface area contributed by atoms with E-state index in [-0.39, 0.29) is 0 Å². The average molecular weight is 184 g/mol. The van der Waals surface area contributed by atoms with Gasteiger partial charge >= 0.3 is 0 Å². The summed E-state index contributed by atoms with van der Waals surface area (Å²) in [4.78, 5) is 0. The van der Waals surface area contributed by atoms with E-state index < -0.39 is 0 Å². The van der Waals surface area contributed by atoms with Crippen LogP contribution in [0.4, 0.5) is 0 Å². The monoisotopic (exact) mass is 184 g/mol. The summed E-state index contributed by atoms with van der Waals surface area (Å²) in [6.07, 6.45) is 13.9. The molecule has 2 aliphatic rings. The topological polar surface area (TPSA) is 0 Å². The van der Waals surface area contributed by atoms with Gasteiger partial charge in [-0.15, -0.1) is 8.58 Å². The average Bonchev–Trinajstić information content (AvgIpc) is 2.24. The van der Waals surface area contributed by atoms with Gasteiger partial charge in [0.05, 0.1) is 0 Å². The van der Waals surface area contributed by atoms with E-state index in [2.05, 4.69) is 0 Å². The molecule has 0 aliphatic heterocycles. The third kappa shape index (κ3) is 2.46. The van der Waals surface area contributed by atoms with Crippen LogP contribution in [0.3, 0.4) is 0 Å². The van der Waals surface area contributed by atoms with Crippen molar-refractivity contribution in [1.29, 1.82) is 0 Å². The van der Waals surface area contributed by atoms with Crippen LogP contribution in [0.25, 0.3) is 0 Å². The highest BCUT2D eigenvalue weighted by Gasteiger charge is 2.22. The molecule has 2 saturated carbocycles. The summed E-state index contributed by atoms with van der Waals surface area (Å²) in [7, 11) is 1.34. The summed E-state index contributed by atoms with van der Waals surface area (Å²) in [5.41, 5.74) is 2.32. The van der Waals surface area contributed by atoms with Crippen LogP contribution in [0, 0.1) is 0 Å². The van der Waals surface area contributed by atoms with Gasteiger partial charge in [-0.25, -0.2) is 0 Å². The third-order valence-electron chi connectivity index (χ3n) is 3.43. The molecular formula is C11H21P. The summed E-state index contributed by atoms with van der Waals surface area (Å²) in [5, 5.41) is 0. The number of hydrogen-bond donors (Lipinski definition) is 0. The van der Waals surface area contributed by atoms with Crippen LogP contribution < -0.4 is 0 Å². The van der Waals surface area contributed by atoms with Crippen LogP contribution >= 0.6 is 8.58 Å². The lowest BCUT2D eigenvalue weighted by Crippen LogP contribution is -2.15. The smallest absolute Gasteiger partial charge is 0.0234 e. The molecule has 0 heterocycles. The Morgan fingerprint density at radius 3 is 1.50 bits per heavy atom. The molecule has 0 aromatic rings. The van der Waals surface area contributed by atoms with E-state index in [0.29, 0.717) is 0 Å². The van der Waals surface area contributed by atoms with Crippen molar-refractivity contribution in [3.05, 3.63) is 0 Å². The zero-order valence-electron chi connectivity index (χ0n) is 8.02. The maximum atomic E-state index is 1.56. The normalized spacial score (nSPS) is 29.0. The first-order chi connectivity index (χ1) is 5.95. The molecule has 2 rings (SSSR count). The van der Waals surface area contributed by atoms with Crippen molar-refractivity contribution in [3.8, 4) is 0 Å². The Morgan fingerprint density at radius 1 is 0.583 bits per heavy atom. The maximum absolute atomic E-state index is 1.56. The van der Waals surface area contributed by atoms with Gasteiger partial charge in [-0.1, -0.05) is 32.1 Å². The second-order valence-electron chi connectivity index (χ2n) is 4.48. The minimum Gasteiger partial charge on any atom is -0.116 e. The Labute approximate surface area is 78.3 Å². The zero-order chi connectivity index (χ0) is 8.23. The van der Waals surface area contributed by atoms with Gasteiger partial charge in [-0.05, 0) is 37.0 Å². The highest BCUT2D eigenvalue weighted by atomic mass is 31.1. The highest BCUT2D eigenvalue weighted by Crippen LogP contribution is 2.43. The molecule has 2 fully saturated rings. The highest BCUT2D eigenvalue weighted by molar-refractivity contribution is 7.39. The molecule has 0 bridgehead atoms. The van der Waals surface area contributed by atoms with Crippen LogP contribution in [0.15, 0.2) is 0 Å². The van der Waals surface area contributed by atoms with Gasteiger partial charge in [0.1, 0.15) is 0 Å². The Hall–Kier alpha value is 0.430. The molecule has 0 amide bonds. The Kier molecular flexibility index (Phi) is 3.46. The minimum atomic E-state index is 1.15. The summed E-state index contributed by atoms with van der Waals surface area (Å²) in [6, 6.07) is 0. The predicted octanol–water partition coefficient (Wildman–Crippen LogP) is 3.94. The van der Waals surface area contributed by atoms with Crippen LogP contribution in [0.2, 0.25) is 0 Å². The van der Waals surface area contributed by atoms with Crippen molar-refractivity contribution in [2.75, 3.05) is 0 Å². The van der Waals surface area contributed by atoms with Gasteiger partial charge in [0.15, 0.2) is 0 Å². The van der Waals surface area contributed by atoms with Crippen molar-refractivity contribution < 1.29 is 0 Å². The van der Waals surface area contributed by atoms with Crippen LogP contribution in [0.1, 0.15) is 57.8 Å². The van der Waals surface area contributed by atoms with E-state index in [4.69, 9.17) is 0 Å². The molecule has 1 heteroatoms. The third-order valence-corrected chi connectivity index (χ3v) is 5.53. The first-order valence-corrected chi connectivity index (χ1v) is 6.87. The Morgan fingerprint density at radius 2 is 1.08 bits per heavy atom. The minimum absolute atomic E-state index is 1.15. The predicted molar refractivity (Wildman–Crippen MR) is 57.4 cm³/mol. The van der Waals surface area contributed by atoms with Crippen molar-refractivity contribution >= 4 is 8.58 Å². The molecule has 0 aromatic heterocycles. The largest absolute Gasteiger partial charge is 0.116 e. The molecule has 0 aromatic carbocycles. The summed E-state index contributed by atoms with van der Waals surface area (Å²) in [6.45, 7) is 0. The summed E-state index contributed by atoms with van der Waals surface area (Å²) >= 11 is 0. The molecular weight excluding hydrogens is 163 g/mol. The van der Waals surface area contributed by atoms with Gasteiger partial charge in [-0.2, -0.15) is 0 Å². The molecule has 2 aliphatic carbocycles. The molecule has 0 radical (unpaired) electrons. The van der Waals surface area contributed by atoms with Crippen molar-refractivity contribution in [1.82, 2.24) is 0 Å². The second-order valence-corrected chi connectivity index (χ2v) is 6.45. The van der Waals surface area contributed by atoms with Gasteiger partial charge in [0, 0.05) is 0 Å². The molecule has 1 unspecified atom stereocenters. The lowest BCUT2D eigenvalue weighted by molar-refractivity contribution is 0.512. The van der Waals surface area contributed by atoms with Crippen LogP contribution in [-0.4, -0.2) is 11.3 Å².